The number of nitrogens with zero attached hydrogens (tertiary/aromatic N) is 2. The van der Waals surface area contributed by atoms with Crippen LogP contribution < -0.4 is 11.3 Å². The van der Waals surface area contributed by atoms with Crippen molar-refractivity contribution >= 4 is 17.2 Å². The molecule has 0 saturated heterocycles. The lowest BCUT2D eigenvalue weighted by molar-refractivity contribution is 0.665. The van der Waals surface area contributed by atoms with Gasteiger partial charge in [-0.2, -0.15) is 11.3 Å². The molecular formula is C12H14N4S. The minimum absolute atomic E-state index is 0.778. The maximum absolute atomic E-state index is 5.56. The van der Waals surface area contributed by atoms with Crippen molar-refractivity contribution in [3.63, 3.8) is 0 Å². The molecule has 2 aromatic rings. The van der Waals surface area contributed by atoms with E-state index in [1.165, 1.54) is 18.4 Å². The fraction of sp³-hybridized carbons (Fsp3) is 0.333. The van der Waals surface area contributed by atoms with Crippen LogP contribution in [0, 0.1) is 0 Å². The van der Waals surface area contributed by atoms with Gasteiger partial charge >= 0.3 is 0 Å². The van der Waals surface area contributed by atoms with E-state index in [-0.39, 0.29) is 0 Å². The molecule has 3 rings (SSSR count). The number of nitrogen functional groups attached to an aromatic ring is 1. The summed E-state index contributed by atoms with van der Waals surface area (Å²) in [7, 11) is 0. The molecule has 88 valence electrons. The lowest BCUT2D eigenvalue weighted by Gasteiger charge is -2.18. The van der Waals surface area contributed by atoms with Crippen molar-refractivity contribution in [1.82, 2.24) is 9.97 Å². The first-order valence-corrected chi connectivity index (χ1v) is 6.72. The SMILES string of the molecule is NNc1nc(-c2ccsc2)nc2c1CCCC2. The zero-order valence-corrected chi connectivity index (χ0v) is 10.3. The number of aryl methyl sites for hydroxylation is 1. The standard InChI is InChI=1S/C12H14N4S/c13-16-12-9-3-1-2-4-10(9)14-11(15-12)8-5-6-17-7-8/h5-7H,1-4,13H2,(H,14,15,16). The second-order valence-corrected chi connectivity index (χ2v) is 4.96. The Kier molecular flexibility index (Phi) is 2.78. The van der Waals surface area contributed by atoms with Gasteiger partial charge in [0.15, 0.2) is 5.82 Å². The third kappa shape index (κ3) is 1.92. The Labute approximate surface area is 104 Å². The van der Waals surface area contributed by atoms with Gasteiger partial charge in [-0.25, -0.2) is 15.8 Å². The first-order valence-electron chi connectivity index (χ1n) is 5.77. The molecule has 2 heterocycles. The Morgan fingerprint density at radius 2 is 2.12 bits per heavy atom. The van der Waals surface area contributed by atoms with Crippen LogP contribution >= 0.6 is 11.3 Å². The summed E-state index contributed by atoms with van der Waals surface area (Å²) >= 11 is 1.65. The lowest BCUT2D eigenvalue weighted by atomic mass is 9.96. The van der Waals surface area contributed by atoms with Crippen LogP contribution in [0.1, 0.15) is 24.1 Å². The molecule has 0 amide bonds. The molecule has 2 aromatic heterocycles. The lowest BCUT2D eigenvalue weighted by Crippen LogP contribution is -2.17. The summed E-state index contributed by atoms with van der Waals surface area (Å²) in [4.78, 5) is 9.17. The number of fused-ring (bicyclic) bond motifs is 1. The number of aromatic nitrogens is 2. The van der Waals surface area contributed by atoms with Crippen molar-refractivity contribution in [2.45, 2.75) is 25.7 Å². The van der Waals surface area contributed by atoms with Crippen molar-refractivity contribution in [2.75, 3.05) is 5.43 Å². The quantitative estimate of drug-likeness (QED) is 0.630. The summed E-state index contributed by atoms with van der Waals surface area (Å²) in [5, 5.41) is 4.10. The molecule has 0 bridgehead atoms. The fourth-order valence-corrected chi connectivity index (χ4v) is 2.87. The number of thiophene rings is 1. The average Bonchev–Trinajstić information content (AvgIpc) is 2.91. The molecule has 0 unspecified atom stereocenters. The highest BCUT2D eigenvalue weighted by Gasteiger charge is 2.17. The molecule has 0 spiro atoms. The average molecular weight is 246 g/mol. The molecule has 4 nitrogen and oxygen atoms in total. The van der Waals surface area contributed by atoms with Crippen LogP contribution in [0.2, 0.25) is 0 Å². The smallest absolute Gasteiger partial charge is 0.162 e. The number of nitrogens with two attached hydrogens (primary N) is 1. The zero-order chi connectivity index (χ0) is 11.7. The van der Waals surface area contributed by atoms with Gasteiger partial charge in [0, 0.05) is 22.2 Å². The van der Waals surface area contributed by atoms with Crippen molar-refractivity contribution in [2.24, 2.45) is 5.84 Å². The first-order chi connectivity index (χ1) is 8.38. The summed E-state index contributed by atoms with van der Waals surface area (Å²) in [5.41, 5.74) is 6.12. The summed E-state index contributed by atoms with van der Waals surface area (Å²) in [6.07, 6.45) is 4.46. The monoisotopic (exact) mass is 246 g/mol. The van der Waals surface area contributed by atoms with Crippen molar-refractivity contribution in [3.8, 4) is 11.4 Å². The highest BCUT2D eigenvalue weighted by atomic mass is 32.1. The Morgan fingerprint density at radius 3 is 2.88 bits per heavy atom. The van der Waals surface area contributed by atoms with Crippen LogP contribution in [0.4, 0.5) is 5.82 Å². The number of hydrogen-bond acceptors (Lipinski definition) is 5. The minimum atomic E-state index is 0.778. The van der Waals surface area contributed by atoms with Crippen LogP contribution in [-0.4, -0.2) is 9.97 Å². The Bertz CT molecular complexity index is 504. The van der Waals surface area contributed by atoms with E-state index >= 15 is 0 Å². The molecule has 5 heteroatoms. The van der Waals surface area contributed by atoms with Crippen molar-refractivity contribution < 1.29 is 0 Å². The van der Waals surface area contributed by atoms with Gasteiger partial charge in [-0.15, -0.1) is 0 Å². The molecular weight excluding hydrogens is 232 g/mol. The molecule has 3 N–H and O–H groups in total. The maximum Gasteiger partial charge on any atom is 0.162 e. The van der Waals surface area contributed by atoms with Crippen LogP contribution in [0.3, 0.4) is 0 Å². The van der Waals surface area contributed by atoms with Gasteiger partial charge in [-0.3, -0.25) is 0 Å². The molecule has 0 fully saturated rings. The van der Waals surface area contributed by atoms with Crippen LogP contribution in [0.25, 0.3) is 11.4 Å². The van der Waals surface area contributed by atoms with Gasteiger partial charge in [-0.05, 0) is 37.1 Å². The van der Waals surface area contributed by atoms with Crippen molar-refractivity contribution in [1.29, 1.82) is 0 Å². The number of hydrogen-bond donors (Lipinski definition) is 2. The number of rotatable bonds is 2. The van der Waals surface area contributed by atoms with Gasteiger partial charge in [0.25, 0.3) is 0 Å². The number of nitrogens with one attached hydrogen (secondary N) is 1. The Hall–Kier alpha value is -1.46. The largest absolute Gasteiger partial charge is 0.308 e. The van der Waals surface area contributed by atoms with E-state index in [2.05, 4.69) is 20.8 Å². The van der Waals surface area contributed by atoms with E-state index < -0.39 is 0 Å². The molecule has 1 aliphatic rings. The second kappa shape index (κ2) is 4.43. The second-order valence-electron chi connectivity index (χ2n) is 4.18. The third-order valence-electron chi connectivity index (χ3n) is 3.10. The summed E-state index contributed by atoms with van der Waals surface area (Å²) in [5.74, 6) is 7.12. The van der Waals surface area contributed by atoms with Crippen LogP contribution in [0.5, 0.6) is 0 Å². The molecule has 0 aliphatic heterocycles. The van der Waals surface area contributed by atoms with Crippen LogP contribution in [-0.2, 0) is 12.8 Å². The fourth-order valence-electron chi connectivity index (χ4n) is 2.23. The summed E-state index contributed by atoms with van der Waals surface area (Å²) in [6, 6.07) is 2.04. The van der Waals surface area contributed by atoms with E-state index in [0.29, 0.717) is 0 Å². The van der Waals surface area contributed by atoms with E-state index in [9.17, 15) is 0 Å². The number of hydrazine groups is 1. The first kappa shape index (κ1) is 10.7. The molecule has 0 saturated carbocycles. The summed E-state index contributed by atoms with van der Waals surface area (Å²) < 4.78 is 0. The van der Waals surface area contributed by atoms with E-state index in [1.54, 1.807) is 11.3 Å². The third-order valence-corrected chi connectivity index (χ3v) is 3.78. The van der Waals surface area contributed by atoms with Crippen molar-refractivity contribution in [3.05, 3.63) is 28.1 Å². The predicted octanol–water partition coefficient (Wildman–Crippen LogP) is 2.37. The van der Waals surface area contributed by atoms with Gasteiger partial charge in [0.05, 0.1) is 0 Å². The molecule has 17 heavy (non-hydrogen) atoms. The highest BCUT2D eigenvalue weighted by Crippen LogP contribution is 2.28. The minimum Gasteiger partial charge on any atom is -0.308 e. The number of anilines is 1. The van der Waals surface area contributed by atoms with E-state index in [4.69, 9.17) is 5.84 Å². The zero-order valence-electron chi connectivity index (χ0n) is 9.44. The topological polar surface area (TPSA) is 63.8 Å². The highest BCUT2D eigenvalue weighted by molar-refractivity contribution is 7.08. The van der Waals surface area contributed by atoms with Gasteiger partial charge in [0.1, 0.15) is 5.82 Å². The predicted molar refractivity (Wildman–Crippen MR) is 69.8 cm³/mol. The summed E-state index contributed by atoms with van der Waals surface area (Å²) in [6.45, 7) is 0. The molecule has 0 aromatic carbocycles. The Morgan fingerprint density at radius 1 is 1.24 bits per heavy atom. The Balaban J connectivity index is 2.12. The molecule has 0 radical (unpaired) electrons. The van der Waals surface area contributed by atoms with E-state index in [0.717, 1.165) is 35.7 Å². The normalized spacial score (nSPS) is 14.4. The van der Waals surface area contributed by atoms with Gasteiger partial charge in [0.2, 0.25) is 0 Å². The van der Waals surface area contributed by atoms with Gasteiger partial charge < -0.3 is 5.43 Å². The van der Waals surface area contributed by atoms with E-state index in [1.807, 2.05) is 11.4 Å². The maximum atomic E-state index is 5.56. The molecule has 1 aliphatic carbocycles. The van der Waals surface area contributed by atoms with Gasteiger partial charge in [-0.1, -0.05) is 0 Å². The van der Waals surface area contributed by atoms with Crippen LogP contribution in [0.15, 0.2) is 16.8 Å². The molecule has 0 atom stereocenters.